The summed E-state index contributed by atoms with van der Waals surface area (Å²) in [6, 6.07) is 7.60. The Balaban J connectivity index is 2.79. The molecular weight excluding hydrogens is 202 g/mol. The highest BCUT2D eigenvalue weighted by Crippen LogP contribution is 2.19. The van der Waals surface area contributed by atoms with Crippen LogP contribution in [0.3, 0.4) is 0 Å². The predicted octanol–water partition coefficient (Wildman–Crippen LogP) is 3.31. The number of rotatable bonds is 5. The second-order valence-electron chi connectivity index (χ2n) is 4.01. The van der Waals surface area contributed by atoms with Gasteiger partial charge in [0.1, 0.15) is 5.75 Å². The summed E-state index contributed by atoms with van der Waals surface area (Å²) < 4.78 is 5.72. The van der Waals surface area contributed by atoms with Gasteiger partial charge in [0.05, 0.1) is 12.3 Å². The number of nitrogens with zero attached hydrogens (tertiary/aromatic N) is 1. The smallest absolute Gasteiger partial charge is 0.128 e. The van der Waals surface area contributed by atoms with Crippen molar-refractivity contribution in [3.63, 3.8) is 0 Å². The Morgan fingerprint density at radius 2 is 2.12 bits per heavy atom. The summed E-state index contributed by atoms with van der Waals surface area (Å²) in [7, 11) is 0. The Kier molecular flexibility index (Phi) is 4.83. The van der Waals surface area contributed by atoms with E-state index in [0.29, 0.717) is 18.2 Å². The summed E-state index contributed by atoms with van der Waals surface area (Å²) in [6.45, 7) is 6.73. The number of hydrogen-bond donors (Lipinski definition) is 1. The summed E-state index contributed by atoms with van der Waals surface area (Å²) in [6.07, 6.45) is 1.09. The lowest BCUT2D eigenvalue weighted by Gasteiger charge is -2.13. The highest BCUT2D eigenvalue weighted by molar-refractivity contribution is 6.00. The third-order valence-corrected chi connectivity index (χ3v) is 2.65. The molecule has 1 unspecified atom stereocenters. The van der Waals surface area contributed by atoms with Crippen molar-refractivity contribution in [1.29, 1.82) is 0 Å². The van der Waals surface area contributed by atoms with Crippen molar-refractivity contribution in [3.8, 4) is 5.75 Å². The molecule has 0 bridgehead atoms. The van der Waals surface area contributed by atoms with Crippen LogP contribution in [-0.4, -0.2) is 17.5 Å². The molecule has 0 radical (unpaired) electrons. The summed E-state index contributed by atoms with van der Waals surface area (Å²) in [5, 5.41) is 12.0. The van der Waals surface area contributed by atoms with Crippen molar-refractivity contribution >= 4 is 5.71 Å². The zero-order chi connectivity index (χ0) is 12.0. The maximum absolute atomic E-state index is 8.77. The molecule has 0 aromatic heterocycles. The molecule has 1 N–H and O–H groups in total. The highest BCUT2D eigenvalue weighted by atomic mass is 16.5. The second-order valence-corrected chi connectivity index (χ2v) is 4.01. The summed E-state index contributed by atoms with van der Waals surface area (Å²) in [5.74, 6) is 1.30. The molecule has 1 aromatic rings. The van der Waals surface area contributed by atoms with Crippen LogP contribution < -0.4 is 4.74 Å². The van der Waals surface area contributed by atoms with E-state index in [1.54, 1.807) is 6.92 Å². The van der Waals surface area contributed by atoms with Gasteiger partial charge in [-0.1, -0.05) is 37.6 Å². The van der Waals surface area contributed by atoms with Crippen LogP contribution in [0.4, 0.5) is 0 Å². The molecule has 3 nitrogen and oxygen atoms in total. The molecule has 16 heavy (non-hydrogen) atoms. The fourth-order valence-corrected chi connectivity index (χ4v) is 1.30. The van der Waals surface area contributed by atoms with Crippen LogP contribution in [0.5, 0.6) is 5.75 Å². The van der Waals surface area contributed by atoms with E-state index >= 15 is 0 Å². The van der Waals surface area contributed by atoms with E-state index < -0.39 is 0 Å². The summed E-state index contributed by atoms with van der Waals surface area (Å²) in [4.78, 5) is 0. The van der Waals surface area contributed by atoms with Gasteiger partial charge < -0.3 is 9.94 Å². The van der Waals surface area contributed by atoms with Gasteiger partial charge in [-0.2, -0.15) is 0 Å². The van der Waals surface area contributed by atoms with E-state index in [0.717, 1.165) is 17.7 Å². The topological polar surface area (TPSA) is 41.8 Å². The number of oxime groups is 1. The normalized spacial score (nSPS) is 13.6. The monoisotopic (exact) mass is 221 g/mol. The minimum absolute atomic E-state index is 0.527. The Morgan fingerprint density at radius 1 is 1.44 bits per heavy atom. The minimum atomic E-state index is 0.527. The minimum Gasteiger partial charge on any atom is -0.493 e. The molecule has 1 rings (SSSR count). The molecule has 0 heterocycles. The van der Waals surface area contributed by atoms with Crippen LogP contribution in [0.15, 0.2) is 29.4 Å². The fourth-order valence-electron chi connectivity index (χ4n) is 1.30. The third kappa shape index (κ3) is 3.26. The van der Waals surface area contributed by atoms with Crippen molar-refractivity contribution in [1.82, 2.24) is 0 Å². The van der Waals surface area contributed by atoms with Crippen molar-refractivity contribution in [3.05, 3.63) is 29.8 Å². The average molecular weight is 221 g/mol. The Hall–Kier alpha value is -1.51. The maximum Gasteiger partial charge on any atom is 0.128 e. The van der Waals surface area contributed by atoms with Crippen LogP contribution in [-0.2, 0) is 0 Å². The lowest BCUT2D eigenvalue weighted by Crippen LogP contribution is -2.09. The molecule has 0 aliphatic carbocycles. The van der Waals surface area contributed by atoms with Crippen LogP contribution >= 0.6 is 0 Å². The van der Waals surface area contributed by atoms with E-state index in [9.17, 15) is 0 Å². The van der Waals surface area contributed by atoms with Gasteiger partial charge in [-0.3, -0.25) is 0 Å². The van der Waals surface area contributed by atoms with Crippen molar-refractivity contribution in [2.75, 3.05) is 6.61 Å². The lowest BCUT2D eigenvalue weighted by molar-refractivity contribution is 0.256. The van der Waals surface area contributed by atoms with Crippen LogP contribution in [0.1, 0.15) is 32.8 Å². The molecule has 0 saturated heterocycles. The molecule has 1 atom stereocenters. The second kappa shape index (κ2) is 6.16. The molecule has 0 amide bonds. The molecule has 3 heteroatoms. The van der Waals surface area contributed by atoms with Gasteiger partial charge in [0.25, 0.3) is 0 Å². The van der Waals surface area contributed by atoms with E-state index in [4.69, 9.17) is 9.94 Å². The fraction of sp³-hybridized carbons (Fsp3) is 0.462. The van der Waals surface area contributed by atoms with Gasteiger partial charge in [-0.15, -0.1) is 0 Å². The first kappa shape index (κ1) is 12.6. The van der Waals surface area contributed by atoms with Crippen LogP contribution in [0, 0.1) is 5.92 Å². The number of hydrogen-bond acceptors (Lipinski definition) is 3. The Bertz CT molecular complexity index is 361. The van der Waals surface area contributed by atoms with Gasteiger partial charge in [0, 0.05) is 5.56 Å². The zero-order valence-corrected chi connectivity index (χ0v) is 10.1. The first-order valence-electron chi connectivity index (χ1n) is 5.59. The van der Waals surface area contributed by atoms with E-state index in [1.165, 1.54) is 0 Å². The Morgan fingerprint density at radius 3 is 2.75 bits per heavy atom. The molecule has 1 aromatic carbocycles. The maximum atomic E-state index is 8.77. The first-order valence-corrected chi connectivity index (χ1v) is 5.59. The standard InChI is InChI=1S/C13H19NO2/c1-4-10(2)9-16-13-8-6-5-7-12(13)11(3)14-15/h5-8,10,15H,4,9H2,1-3H3. The van der Waals surface area contributed by atoms with Gasteiger partial charge in [-0.25, -0.2) is 0 Å². The summed E-state index contributed by atoms with van der Waals surface area (Å²) >= 11 is 0. The van der Waals surface area contributed by atoms with Gasteiger partial charge in [0.15, 0.2) is 0 Å². The van der Waals surface area contributed by atoms with Crippen molar-refractivity contribution < 1.29 is 9.94 Å². The van der Waals surface area contributed by atoms with Gasteiger partial charge >= 0.3 is 0 Å². The average Bonchev–Trinajstić information content (AvgIpc) is 2.35. The SMILES string of the molecule is CCC(C)COc1ccccc1C(C)=NO. The Labute approximate surface area is 96.7 Å². The lowest BCUT2D eigenvalue weighted by atomic mass is 10.1. The van der Waals surface area contributed by atoms with Crippen molar-refractivity contribution in [2.24, 2.45) is 11.1 Å². The van der Waals surface area contributed by atoms with Crippen LogP contribution in [0.2, 0.25) is 0 Å². The first-order chi connectivity index (χ1) is 7.69. The molecule has 0 saturated carbocycles. The van der Waals surface area contributed by atoms with Crippen LogP contribution in [0.25, 0.3) is 0 Å². The third-order valence-electron chi connectivity index (χ3n) is 2.65. The quantitative estimate of drug-likeness (QED) is 0.471. The molecule has 0 aliphatic heterocycles. The molecular formula is C13H19NO2. The number of benzene rings is 1. The summed E-state index contributed by atoms with van der Waals surface area (Å²) in [5.41, 5.74) is 1.41. The molecule has 0 spiro atoms. The molecule has 88 valence electrons. The highest BCUT2D eigenvalue weighted by Gasteiger charge is 2.07. The molecule has 0 fully saturated rings. The van der Waals surface area contributed by atoms with E-state index in [-0.39, 0.29) is 0 Å². The predicted molar refractivity (Wildman–Crippen MR) is 65.4 cm³/mol. The number of ether oxygens (including phenoxy) is 1. The largest absolute Gasteiger partial charge is 0.493 e. The van der Waals surface area contributed by atoms with Crippen molar-refractivity contribution in [2.45, 2.75) is 27.2 Å². The van der Waals surface area contributed by atoms with E-state index in [1.807, 2.05) is 24.3 Å². The zero-order valence-electron chi connectivity index (χ0n) is 10.1. The van der Waals surface area contributed by atoms with Gasteiger partial charge in [-0.05, 0) is 25.0 Å². The number of para-hydroxylation sites is 1. The van der Waals surface area contributed by atoms with E-state index in [2.05, 4.69) is 19.0 Å². The van der Waals surface area contributed by atoms with Gasteiger partial charge in [0.2, 0.25) is 0 Å². The molecule has 0 aliphatic rings.